The molecule has 0 atom stereocenters. The summed E-state index contributed by atoms with van der Waals surface area (Å²) in [6.07, 6.45) is 0. The summed E-state index contributed by atoms with van der Waals surface area (Å²) in [5.74, 6) is 1.42. The Kier molecular flexibility index (Phi) is 5.22. The van der Waals surface area contributed by atoms with Crippen LogP contribution < -0.4 is 14.8 Å². The molecule has 2 aromatic carbocycles. The van der Waals surface area contributed by atoms with Gasteiger partial charge in [-0.1, -0.05) is 23.9 Å². The van der Waals surface area contributed by atoms with E-state index in [9.17, 15) is 4.79 Å². The summed E-state index contributed by atoms with van der Waals surface area (Å²) >= 11 is 3.01. The molecule has 0 aliphatic heterocycles. The number of carbonyl (C=O) groups is 1. The van der Waals surface area contributed by atoms with E-state index in [1.807, 2.05) is 24.3 Å². The fraction of sp³-hybridized carbons (Fsp3) is 0.176. The lowest BCUT2D eigenvalue weighted by molar-refractivity contribution is -0.113. The first-order valence-corrected chi connectivity index (χ1v) is 9.00. The number of amides is 1. The van der Waals surface area contributed by atoms with Crippen LogP contribution in [0.4, 0.5) is 5.69 Å². The molecule has 0 unspecified atom stereocenters. The number of nitrogens with one attached hydrogen (secondary N) is 1. The maximum Gasteiger partial charge on any atom is 0.234 e. The monoisotopic (exact) mass is 360 g/mol. The fourth-order valence-corrected chi connectivity index (χ4v) is 4.00. The maximum atomic E-state index is 12.2. The van der Waals surface area contributed by atoms with Crippen LogP contribution in [0.25, 0.3) is 10.2 Å². The zero-order valence-corrected chi connectivity index (χ0v) is 14.9. The number of rotatable bonds is 6. The Morgan fingerprint density at radius 2 is 2.04 bits per heavy atom. The predicted octanol–water partition coefficient (Wildman–Crippen LogP) is 4.04. The van der Waals surface area contributed by atoms with Crippen LogP contribution in [0.5, 0.6) is 11.5 Å². The normalized spacial score (nSPS) is 10.6. The average Bonchev–Trinajstić information content (AvgIpc) is 3.03. The van der Waals surface area contributed by atoms with Crippen LogP contribution in [0, 0.1) is 0 Å². The van der Waals surface area contributed by atoms with Crippen LogP contribution >= 0.6 is 23.1 Å². The molecule has 3 aromatic rings. The molecule has 3 rings (SSSR count). The van der Waals surface area contributed by atoms with Crippen LogP contribution in [0.2, 0.25) is 0 Å². The Hall–Kier alpha value is -2.25. The minimum atomic E-state index is -0.109. The van der Waals surface area contributed by atoms with Crippen LogP contribution in [0.15, 0.2) is 46.8 Å². The number of methoxy groups -OCH3 is 2. The third-order valence-corrected chi connectivity index (χ3v) is 5.46. The highest BCUT2D eigenvalue weighted by Gasteiger charge is 2.11. The Morgan fingerprint density at radius 1 is 1.21 bits per heavy atom. The second-order valence-electron chi connectivity index (χ2n) is 4.85. The van der Waals surface area contributed by atoms with E-state index < -0.39 is 0 Å². The third kappa shape index (κ3) is 3.80. The van der Waals surface area contributed by atoms with Gasteiger partial charge in [-0.15, -0.1) is 11.3 Å². The highest BCUT2D eigenvalue weighted by Crippen LogP contribution is 2.31. The number of hydrogen-bond donors (Lipinski definition) is 1. The van der Waals surface area contributed by atoms with Gasteiger partial charge in [0.15, 0.2) is 4.34 Å². The molecule has 124 valence electrons. The first-order chi connectivity index (χ1) is 11.7. The summed E-state index contributed by atoms with van der Waals surface area (Å²) in [6.45, 7) is 0. The lowest BCUT2D eigenvalue weighted by Gasteiger charge is -2.11. The lowest BCUT2D eigenvalue weighted by Crippen LogP contribution is -2.14. The zero-order valence-electron chi connectivity index (χ0n) is 13.2. The Labute approximate surface area is 148 Å². The van der Waals surface area contributed by atoms with Crippen LogP contribution in [-0.4, -0.2) is 30.9 Å². The van der Waals surface area contributed by atoms with E-state index in [2.05, 4.69) is 10.3 Å². The molecule has 0 aliphatic rings. The van der Waals surface area contributed by atoms with Gasteiger partial charge in [-0.25, -0.2) is 4.98 Å². The average molecular weight is 360 g/mol. The Morgan fingerprint density at radius 3 is 2.79 bits per heavy atom. The summed E-state index contributed by atoms with van der Waals surface area (Å²) in [7, 11) is 3.14. The molecule has 0 aliphatic carbocycles. The van der Waals surface area contributed by atoms with Crippen LogP contribution in [0.1, 0.15) is 0 Å². The number of hydrogen-bond acceptors (Lipinski definition) is 6. The molecule has 7 heteroatoms. The number of aromatic nitrogens is 1. The van der Waals surface area contributed by atoms with Gasteiger partial charge >= 0.3 is 0 Å². The van der Waals surface area contributed by atoms with E-state index in [4.69, 9.17) is 9.47 Å². The third-order valence-electron chi connectivity index (χ3n) is 3.28. The first kappa shape index (κ1) is 16.6. The molecule has 5 nitrogen and oxygen atoms in total. The number of thioether (sulfide) groups is 1. The molecule has 1 amide bonds. The highest BCUT2D eigenvalue weighted by atomic mass is 32.2. The zero-order chi connectivity index (χ0) is 16.9. The van der Waals surface area contributed by atoms with Crippen molar-refractivity contribution in [3.63, 3.8) is 0 Å². The maximum absolute atomic E-state index is 12.2. The van der Waals surface area contributed by atoms with Gasteiger partial charge in [-0.2, -0.15) is 0 Å². The summed E-state index contributed by atoms with van der Waals surface area (Å²) < 4.78 is 12.4. The van der Waals surface area contributed by atoms with Crippen LogP contribution in [0.3, 0.4) is 0 Å². The van der Waals surface area contributed by atoms with Crippen molar-refractivity contribution in [2.45, 2.75) is 4.34 Å². The standard InChI is InChI=1S/C17H16N2O3S2/c1-21-11-7-8-12(14(9-11)22-2)18-16(20)10-23-17-19-13-5-3-4-6-15(13)24-17/h3-9H,10H2,1-2H3,(H,18,20). The molecule has 1 aromatic heterocycles. The van der Waals surface area contributed by atoms with Gasteiger partial charge in [0.1, 0.15) is 11.5 Å². The molecule has 0 saturated carbocycles. The topological polar surface area (TPSA) is 60.5 Å². The van der Waals surface area contributed by atoms with E-state index in [-0.39, 0.29) is 11.7 Å². The van der Waals surface area contributed by atoms with E-state index in [1.165, 1.54) is 11.8 Å². The van der Waals surface area contributed by atoms with Crippen molar-refractivity contribution in [3.8, 4) is 11.5 Å². The van der Waals surface area contributed by atoms with E-state index in [0.29, 0.717) is 17.2 Å². The number of benzene rings is 2. The molecule has 1 heterocycles. The summed E-state index contributed by atoms with van der Waals surface area (Å²) in [6, 6.07) is 13.2. The van der Waals surface area contributed by atoms with E-state index >= 15 is 0 Å². The van der Waals surface area contributed by atoms with Gasteiger partial charge in [-0.3, -0.25) is 4.79 Å². The fourth-order valence-electron chi connectivity index (χ4n) is 2.13. The summed E-state index contributed by atoms with van der Waals surface area (Å²) in [4.78, 5) is 16.7. The second-order valence-corrected chi connectivity index (χ2v) is 7.10. The molecule has 0 saturated heterocycles. The van der Waals surface area contributed by atoms with Gasteiger partial charge in [-0.05, 0) is 24.3 Å². The first-order valence-electron chi connectivity index (χ1n) is 7.20. The SMILES string of the molecule is COc1ccc(NC(=O)CSc2nc3ccccc3s2)c(OC)c1. The molecule has 0 radical (unpaired) electrons. The molecular weight excluding hydrogens is 344 g/mol. The van der Waals surface area contributed by atoms with Gasteiger partial charge in [0.2, 0.25) is 5.91 Å². The van der Waals surface area contributed by atoms with Gasteiger partial charge in [0.05, 0.1) is 35.9 Å². The Bertz CT molecular complexity index is 831. The van der Waals surface area contributed by atoms with Crippen molar-refractivity contribution in [2.24, 2.45) is 0 Å². The van der Waals surface area contributed by atoms with Crippen molar-refractivity contribution in [3.05, 3.63) is 42.5 Å². The molecule has 24 heavy (non-hydrogen) atoms. The van der Waals surface area contributed by atoms with E-state index in [1.54, 1.807) is 43.8 Å². The molecule has 0 spiro atoms. The van der Waals surface area contributed by atoms with Crippen molar-refractivity contribution >= 4 is 44.9 Å². The van der Waals surface area contributed by atoms with E-state index in [0.717, 1.165) is 14.6 Å². The Balaban J connectivity index is 1.63. The molecule has 0 fully saturated rings. The number of carbonyl (C=O) groups excluding carboxylic acids is 1. The van der Waals surface area contributed by atoms with Crippen LogP contribution in [-0.2, 0) is 4.79 Å². The highest BCUT2D eigenvalue weighted by molar-refractivity contribution is 8.01. The van der Waals surface area contributed by atoms with Gasteiger partial charge in [0, 0.05) is 6.07 Å². The minimum Gasteiger partial charge on any atom is -0.497 e. The van der Waals surface area contributed by atoms with Gasteiger partial charge < -0.3 is 14.8 Å². The number of thiazole rings is 1. The lowest BCUT2D eigenvalue weighted by atomic mass is 10.2. The molecule has 0 bridgehead atoms. The summed E-state index contributed by atoms with van der Waals surface area (Å²) in [5, 5.41) is 2.85. The van der Waals surface area contributed by atoms with Gasteiger partial charge in [0.25, 0.3) is 0 Å². The van der Waals surface area contributed by atoms with Crippen molar-refractivity contribution in [1.29, 1.82) is 0 Å². The van der Waals surface area contributed by atoms with Crippen molar-refractivity contribution < 1.29 is 14.3 Å². The number of nitrogens with zero attached hydrogens (tertiary/aromatic N) is 1. The smallest absolute Gasteiger partial charge is 0.234 e. The largest absolute Gasteiger partial charge is 0.497 e. The second kappa shape index (κ2) is 7.55. The quantitative estimate of drug-likeness (QED) is 0.672. The number of ether oxygens (including phenoxy) is 2. The molecular formula is C17H16N2O3S2. The molecule has 1 N–H and O–H groups in total. The predicted molar refractivity (Wildman–Crippen MR) is 98.5 cm³/mol. The minimum absolute atomic E-state index is 0.109. The van der Waals surface area contributed by atoms with Crippen molar-refractivity contribution in [2.75, 3.05) is 25.3 Å². The number of fused-ring (bicyclic) bond motifs is 1. The summed E-state index contributed by atoms with van der Waals surface area (Å²) in [5.41, 5.74) is 1.58. The van der Waals surface area contributed by atoms with Crippen molar-refractivity contribution in [1.82, 2.24) is 4.98 Å². The number of anilines is 1. The number of para-hydroxylation sites is 1.